The number of nitrogens with two attached hydrogens (primary N) is 1. The first-order valence-electron chi connectivity index (χ1n) is 36.7. The van der Waals surface area contributed by atoms with E-state index >= 15 is 0 Å². The normalized spacial score (nSPS) is 18.4. The van der Waals surface area contributed by atoms with Gasteiger partial charge in [0, 0.05) is 109 Å². The second-order valence-corrected chi connectivity index (χ2v) is 29.0. The van der Waals surface area contributed by atoms with Crippen LogP contribution in [0.4, 0.5) is 10.5 Å². The van der Waals surface area contributed by atoms with E-state index in [9.17, 15) is 52.7 Å². The van der Waals surface area contributed by atoms with Gasteiger partial charge in [-0.25, -0.2) is 4.79 Å². The Hall–Kier alpha value is -7.39. The zero-order valence-corrected chi connectivity index (χ0v) is 63.8. The van der Waals surface area contributed by atoms with Crippen molar-refractivity contribution >= 4 is 70.5 Å². The predicted octanol–water partition coefficient (Wildman–Crippen LogP) is 6.06. The first-order chi connectivity index (χ1) is 48.4. The maximum Gasteiger partial charge on any atom is 0.312 e. The zero-order chi connectivity index (χ0) is 75.9. The Morgan fingerprint density at radius 2 is 1.29 bits per heavy atom. The number of rotatable bonds is 45. The summed E-state index contributed by atoms with van der Waals surface area (Å²) in [5.41, 5.74) is 7.28. The van der Waals surface area contributed by atoms with Crippen LogP contribution in [0.3, 0.4) is 0 Å². The minimum absolute atomic E-state index is 0.00294. The largest absolute Gasteiger partial charge is 0.379 e. The van der Waals surface area contributed by atoms with Crippen LogP contribution in [0, 0.1) is 47.3 Å². The van der Waals surface area contributed by atoms with Gasteiger partial charge in [-0.3, -0.25) is 52.8 Å². The maximum absolute atomic E-state index is 14.7. The summed E-state index contributed by atoms with van der Waals surface area (Å²) >= 11 is 0. The molecule has 0 spiro atoms. The molecule has 0 radical (unpaired) electrons. The number of piperidine rings is 1. The second-order valence-electron chi connectivity index (χ2n) is 29.0. The molecule has 0 aliphatic carbocycles. The lowest BCUT2D eigenvalue weighted by Crippen LogP contribution is -2.59. The SMILES string of the molecule is CC[C@H](C)[C@@H]([C@@H](CC(=O)N1CCC[C@H]1[C@H](OC)[C@@H](C)C(=O)C[C@@H](Cc1ccccc1)C(=O)NCc1ccc(NC(=O)[C@H](CCCNC(N)=O)CC(=O)[C@@H](NC(=O)CCOCCOCCC(=O)N2CCC(C(=O)NC)CC2C)C(C)C)cc1)OC)N(C)C(=O)[C@@H](NC(=O)[C@H](C(C)C)N(C)C)C(C)C. The van der Waals surface area contributed by atoms with Crippen LogP contribution in [0.5, 0.6) is 0 Å². The van der Waals surface area contributed by atoms with Gasteiger partial charge in [-0.1, -0.05) is 111 Å². The lowest BCUT2D eigenvalue weighted by atomic mass is 9.85. The quantitative estimate of drug-likeness (QED) is 0.0371. The topological polar surface area (TPSA) is 336 Å². The minimum Gasteiger partial charge on any atom is -0.379 e. The van der Waals surface area contributed by atoms with Crippen molar-refractivity contribution in [2.75, 3.05) is 93.8 Å². The number of likely N-dealkylation sites (tertiary alicyclic amines) is 2. The van der Waals surface area contributed by atoms with Gasteiger partial charge in [0.2, 0.25) is 47.3 Å². The summed E-state index contributed by atoms with van der Waals surface area (Å²) < 4.78 is 23.5. The summed E-state index contributed by atoms with van der Waals surface area (Å²) in [5, 5.41) is 17.0. The van der Waals surface area contributed by atoms with Crippen LogP contribution in [0.2, 0.25) is 0 Å². The van der Waals surface area contributed by atoms with Crippen molar-refractivity contribution < 1.29 is 71.7 Å². The molecule has 2 fully saturated rings. The van der Waals surface area contributed by atoms with Crippen molar-refractivity contribution in [1.82, 2.24) is 46.2 Å². The van der Waals surface area contributed by atoms with Gasteiger partial charge in [0.05, 0.1) is 75.6 Å². The van der Waals surface area contributed by atoms with E-state index in [4.69, 9.17) is 24.7 Å². The van der Waals surface area contributed by atoms with Crippen LogP contribution in [-0.4, -0.2) is 221 Å². The van der Waals surface area contributed by atoms with Gasteiger partial charge in [0.25, 0.3) is 0 Å². The fourth-order valence-corrected chi connectivity index (χ4v) is 14.2. The number of urea groups is 1. The standard InChI is InChI=1S/C76H123N11O15/c1-17-50(8)69(85(14)75(97)67(48(4)5)83-74(96)68(49(6)7)84(12)13)62(99-15)45-65(92)87-35-22-26-59(87)70(100-16)52(10)60(88)44-57(42-53-23-19-18-20-24-53)72(94)80-46-54-27-29-58(30-28-54)81-73(95)55(25-21-34-79-76(77)98)43-61(89)66(47(2)3)82-63(90)32-37-101-39-40-102-38-33-64(91)86-36-31-56(41-51(86)9)71(93)78-11/h18-20,23-24,27-30,47-52,55-57,59,62,66-70H,17,21-22,25-26,31-46H2,1-16H3,(H,78,93)(H,80,94)(H,81,95)(H,82,90)(H,83,96)(H3,77,79,98)/t50-,51?,52-,55+,56?,57+,59-,62+,66-,67-,68-,69-,70+/m0/s1. The van der Waals surface area contributed by atoms with Crippen LogP contribution >= 0.6 is 0 Å². The van der Waals surface area contributed by atoms with Crippen molar-refractivity contribution in [1.29, 1.82) is 0 Å². The third-order valence-electron chi connectivity index (χ3n) is 20.2. The van der Waals surface area contributed by atoms with Crippen molar-refractivity contribution in [2.45, 2.75) is 208 Å². The fourth-order valence-electron chi connectivity index (χ4n) is 14.2. The maximum atomic E-state index is 14.7. The number of primary amides is 1. The van der Waals surface area contributed by atoms with E-state index in [0.717, 1.165) is 5.56 Å². The molecule has 102 heavy (non-hydrogen) atoms. The summed E-state index contributed by atoms with van der Waals surface area (Å²) in [4.78, 5) is 156. The number of nitrogens with one attached hydrogen (secondary N) is 6. The highest BCUT2D eigenvalue weighted by Gasteiger charge is 2.44. The Bertz CT molecular complexity index is 3000. The van der Waals surface area contributed by atoms with E-state index in [1.54, 1.807) is 73.8 Å². The van der Waals surface area contributed by atoms with Crippen LogP contribution in [0.15, 0.2) is 54.6 Å². The number of methoxy groups -OCH3 is 2. The number of benzene rings is 2. The highest BCUT2D eigenvalue weighted by molar-refractivity contribution is 5.98. The van der Waals surface area contributed by atoms with Crippen LogP contribution in [-0.2, 0) is 79.9 Å². The third kappa shape index (κ3) is 27.3. The molecule has 26 nitrogen and oxygen atoms in total. The van der Waals surface area contributed by atoms with E-state index < -0.39 is 78.0 Å². The third-order valence-corrected chi connectivity index (χ3v) is 20.2. The van der Waals surface area contributed by atoms with Gasteiger partial charge >= 0.3 is 6.03 Å². The zero-order valence-electron chi connectivity index (χ0n) is 63.8. The first-order valence-corrected chi connectivity index (χ1v) is 36.7. The Labute approximate surface area is 606 Å². The highest BCUT2D eigenvalue weighted by Crippen LogP contribution is 2.32. The number of nitrogens with zero attached hydrogens (tertiary/aromatic N) is 4. The molecule has 13 atom stereocenters. The summed E-state index contributed by atoms with van der Waals surface area (Å²) in [6.07, 6.45) is 2.31. The van der Waals surface area contributed by atoms with Crippen LogP contribution in [0.1, 0.15) is 157 Å². The summed E-state index contributed by atoms with van der Waals surface area (Å²) in [6.45, 7) is 20.9. The molecule has 26 heteroatoms. The first kappa shape index (κ1) is 87.0. The molecule has 2 saturated heterocycles. The number of carbonyl (C=O) groups excluding carboxylic acids is 11. The van der Waals surface area contributed by atoms with Crippen molar-refractivity contribution in [2.24, 2.45) is 53.1 Å². The van der Waals surface area contributed by atoms with Crippen molar-refractivity contribution in [3.63, 3.8) is 0 Å². The molecule has 2 aliphatic heterocycles. The summed E-state index contributed by atoms with van der Waals surface area (Å²) in [7, 11) is 10.1. The molecule has 0 aromatic heterocycles. The Kier molecular flexibility index (Phi) is 37.8. The van der Waals surface area contributed by atoms with E-state index in [1.165, 1.54) is 14.2 Å². The predicted molar refractivity (Wildman–Crippen MR) is 391 cm³/mol. The number of hydrogen-bond donors (Lipinski definition) is 7. The molecule has 2 aromatic rings. The summed E-state index contributed by atoms with van der Waals surface area (Å²) in [6, 6.07) is 12.3. The van der Waals surface area contributed by atoms with Gasteiger partial charge in [0.1, 0.15) is 11.8 Å². The van der Waals surface area contributed by atoms with Crippen LogP contribution < -0.4 is 37.6 Å². The fraction of sp³-hybridized carbons (Fsp3) is 0.697. The van der Waals surface area contributed by atoms with E-state index in [-0.39, 0.29) is 167 Å². The molecule has 8 N–H and O–H groups in total. The monoisotopic (exact) mass is 1430 g/mol. The lowest BCUT2D eigenvalue weighted by molar-refractivity contribution is -0.148. The van der Waals surface area contributed by atoms with E-state index in [0.29, 0.717) is 62.9 Å². The summed E-state index contributed by atoms with van der Waals surface area (Å²) in [5.74, 6) is -5.66. The van der Waals surface area contributed by atoms with Gasteiger partial charge < -0.3 is 71.3 Å². The Morgan fingerprint density at radius 1 is 0.657 bits per heavy atom. The highest BCUT2D eigenvalue weighted by atomic mass is 16.5. The van der Waals surface area contributed by atoms with Crippen LogP contribution in [0.25, 0.3) is 0 Å². The number of Topliss-reactive ketones (excluding diaryl/α,β-unsaturated/α-hetero) is 2. The second kappa shape index (κ2) is 44.3. The van der Waals surface area contributed by atoms with E-state index in [1.807, 2.05) is 97.8 Å². The molecule has 572 valence electrons. The Balaban J connectivity index is 1.37. The number of ether oxygens (including phenoxy) is 4. The minimum atomic E-state index is -0.913. The molecule has 0 bridgehead atoms. The number of hydrogen-bond acceptors (Lipinski definition) is 16. The number of carbonyl (C=O) groups is 11. The van der Waals surface area contributed by atoms with E-state index in [2.05, 4.69) is 31.9 Å². The van der Waals surface area contributed by atoms with Gasteiger partial charge in [-0.05, 0) is 113 Å². The number of amides is 10. The molecule has 0 saturated carbocycles. The average molecular weight is 1430 g/mol. The molecule has 2 aromatic carbocycles. The molecule has 2 heterocycles. The van der Waals surface area contributed by atoms with Crippen molar-refractivity contribution in [3.8, 4) is 0 Å². The number of ketones is 2. The van der Waals surface area contributed by atoms with Gasteiger partial charge in [-0.15, -0.1) is 0 Å². The number of anilines is 1. The van der Waals surface area contributed by atoms with Crippen molar-refractivity contribution in [3.05, 3.63) is 65.7 Å². The molecule has 2 aliphatic rings. The molecule has 4 rings (SSSR count). The molecular formula is C76H123N11O15. The molecule has 10 amide bonds. The smallest absolute Gasteiger partial charge is 0.312 e. The van der Waals surface area contributed by atoms with Gasteiger partial charge in [0.15, 0.2) is 5.78 Å². The molecule has 2 unspecified atom stereocenters. The number of likely N-dealkylation sites (N-methyl/N-ethyl adjacent to an activating group) is 2. The Morgan fingerprint density at radius 3 is 1.86 bits per heavy atom. The molecular weight excluding hydrogens is 1310 g/mol. The lowest BCUT2D eigenvalue weighted by Gasteiger charge is -2.41. The van der Waals surface area contributed by atoms with Gasteiger partial charge in [-0.2, -0.15) is 0 Å². The average Bonchev–Trinajstić information content (AvgIpc) is 1.41.